The first-order valence-electron chi connectivity index (χ1n) is 10.5. The van der Waals surface area contributed by atoms with E-state index < -0.39 is 6.04 Å². The number of hydrogen-bond donors (Lipinski definition) is 3. The van der Waals surface area contributed by atoms with Crippen LogP contribution in [0, 0.1) is 5.92 Å². The lowest BCUT2D eigenvalue weighted by atomic mass is 9.98. The Balaban J connectivity index is 2.22. The molecule has 0 aliphatic heterocycles. The first-order chi connectivity index (χ1) is 13.8. The third-order valence-corrected chi connectivity index (χ3v) is 6.43. The van der Waals surface area contributed by atoms with Crippen molar-refractivity contribution in [1.82, 2.24) is 15.6 Å². The number of nitrogens with two attached hydrogens (primary N) is 1. The normalized spacial score (nSPS) is 14.6. The maximum Gasteiger partial charge on any atom is 0.243 e. The zero-order valence-corrected chi connectivity index (χ0v) is 18.9. The second-order valence-corrected chi connectivity index (χ2v) is 9.02. The quantitative estimate of drug-likeness (QED) is 0.551. The van der Waals surface area contributed by atoms with Crippen LogP contribution in [0.4, 0.5) is 0 Å². The molecule has 0 saturated heterocycles. The van der Waals surface area contributed by atoms with Crippen LogP contribution in [-0.4, -0.2) is 35.4 Å². The summed E-state index contributed by atoms with van der Waals surface area (Å²) in [5.74, 6) is 0.357. The van der Waals surface area contributed by atoms with E-state index in [-0.39, 0.29) is 23.8 Å². The van der Waals surface area contributed by atoms with E-state index in [0.29, 0.717) is 25.3 Å². The van der Waals surface area contributed by atoms with Gasteiger partial charge < -0.3 is 16.4 Å². The molecule has 160 valence electrons. The summed E-state index contributed by atoms with van der Waals surface area (Å²) in [5.41, 5.74) is 8.05. The second-order valence-electron chi connectivity index (χ2n) is 7.90. The molecular weight excluding hydrogens is 384 g/mol. The lowest BCUT2D eigenvalue weighted by Crippen LogP contribution is -2.53. The number of nitrogens with one attached hydrogen (secondary N) is 2. The van der Waals surface area contributed by atoms with Crippen LogP contribution in [0.2, 0.25) is 0 Å². The van der Waals surface area contributed by atoms with E-state index in [1.807, 2.05) is 6.07 Å². The van der Waals surface area contributed by atoms with Crippen LogP contribution < -0.4 is 16.4 Å². The molecule has 7 heteroatoms. The third-order valence-electron chi connectivity index (χ3n) is 5.39. The zero-order chi connectivity index (χ0) is 21.6. The minimum Gasteiger partial charge on any atom is -0.350 e. The summed E-state index contributed by atoms with van der Waals surface area (Å²) in [6, 6.07) is 5.51. The predicted octanol–water partition coefficient (Wildman–Crippen LogP) is 3.35. The fraction of sp³-hybridized carbons (Fsp3) is 0.591. The van der Waals surface area contributed by atoms with Gasteiger partial charge in [0, 0.05) is 25.4 Å². The number of nitrogens with zero attached hydrogens (tertiary/aromatic N) is 1. The maximum atomic E-state index is 12.9. The van der Waals surface area contributed by atoms with E-state index in [4.69, 9.17) is 5.73 Å². The summed E-state index contributed by atoms with van der Waals surface area (Å²) in [6.07, 6.45) is 1.61. The molecule has 1 aromatic heterocycles. The minimum atomic E-state index is -0.661. The molecule has 6 nitrogen and oxygen atoms in total. The second kappa shape index (κ2) is 10.7. The summed E-state index contributed by atoms with van der Waals surface area (Å²) in [7, 11) is 0. The molecule has 1 aromatic carbocycles. The van der Waals surface area contributed by atoms with Gasteiger partial charge in [-0.2, -0.15) is 0 Å². The molecule has 2 aromatic rings. The summed E-state index contributed by atoms with van der Waals surface area (Å²) in [6.45, 7) is 10.6. The molecule has 3 atom stereocenters. The number of amides is 2. The van der Waals surface area contributed by atoms with Crippen LogP contribution in [0.3, 0.4) is 0 Å². The highest BCUT2D eigenvalue weighted by atomic mass is 32.1. The van der Waals surface area contributed by atoms with Gasteiger partial charge in [0.25, 0.3) is 0 Å². The van der Waals surface area contributed by atoms with Crippen molar-refractivity contribution < 1.29 is 9.59 Å². The highest BCUT2D eigenvalue weighted by molar-refractivity contribution is 7.18. The van der Waals surface area contributed by atoms with Crippen molar-refractivity contribution >= 4 is 33.4 Å². The van der Waals surface area contributed by atoms with E-state index >= 15 is 0 Å². The Morgan fingerprint density at radius 1 is 1.17 bits per heavy atom. The monoisotopic (exact) mass is 418 g/mol. The molecule has 0 saturated carbocycles. The number of fused-ring (bicyclic) bond motifs is 1. The maximum absolute atomic E-state index is 12.9. The summed E-state index contributed by atoms with van der Waals surface area (Å²) in [4.78, 5) is 29.6. The molecule has 2 rings (SSSR count). The van der Waals surface area contributed by atoms with Gasteiger partial charge in [0.2, 0.25) is 11.8 Å². The number of benzene rings is 1. The number of hydrogen-bond acceptors (Lipinski definition) is 5. The molecule has 2 amide bonds. The van der Waals surface area contributed by atoms with Gasteiger partial charge in [0.1, 0.15) is 6.04 Å². The average molecular weight is 419 g/mol. The number of carbonyl (C=O) groups excluding carboxylic acids is 2. The van der Waals surface area contributed by atoms with Crippen molar-refractivity contribution in [3.8, 4) is 0 Å². The van der Waals surface area contributed by atoms with Crippen molar-refractivity contribution in [2.24, 2.45) is 11.7 Å². The molecule has 29 heavy (non-hydrogen) atoms. The Labute approximate surface area is 177 Å². The smallest absolute Gasteiger partial charge is 0.243 e. The molecule has 0 fully saturated rings. The molecule has 1 heterocycles. The van der Waals surface area contributed by atoms with Crippen LogP contribution >= 0.6 is 11.3 Å². The van der Waals surface area contributed by atoms with E-state index in [2.05, 4.69) is 55.4 Å². The predicted molar refractivity (Wildman–Crippen MR) is 120 cm³/mol. The van der Waals surface area contributed by atoms with Gasteiger partial charge in [-0.15, -0.1) is 11.3 Å². The van der Waals surface area contributed by atoms with E-state index in [0.717, 1.165) is 21.6 Å². The molecule has 0 aliphatic carbocycles. The Morgan fingerprint density at radius 2 is 1.90 bits per heavy atom. The highest BCUT2D eigenvalue weighted by Gasteiger charge is 2.26. The molecule has 0 radical (unpaired) electrons. The molecule has 0 bridgehead atoms. The highest BCUT2D eigenvalue weighted by Crippen LogP contribution is 2.27. The Morgan fingerprint density at radius 3 is 2.48 bits per heavy atom. The van der Waals surface area contributed by atoms with Crippen LogP contribution in [0.5, 0.6) is 0 Å². The van der Waals surface area contributed by atoms with Crippen molar-refractivity contribution in [3.63, 3.8) is 0 Å². The van der Waals surface area contributed by atoms with Gasteiger partial charge in [-0.1, -0.05) is 47.1 Å². The summed E-state index contributed by atoms with van der Waals surface area (Å²) < 4.78 is 1.10. The first-order valence-corrected chi connectivity index (χ1v) is 11.3. The van der Waals surface area contributed by atoms with Crippen molar-refractivity contribution in [3.05, 3.63) is 28.8 Å². The summed E-state index contributed by atoms with van der Waals surface area (Å²) in [5, 5.41) is 6.71. The van der Waals surface area contributed by atoms with Crippen LogP contribution in [-0.2, 0) is 16.0 Å². The number of aromatic nitrogens is 1. The van der Waals surface area contributed by atoms with Crippen LogP contribution in [0.1, 0.15) is 63.9 Å². The fourth-order valence-corrected chi connectivity index (χ4v) is 4.18. The summed E-state index contributed by atoms with van der Waals surface area (Å²) >= 11 is 1.58. The van der Waals surface area contributed by atoms with Gasteiger partial charge in [-0.05, 0) is 29.5 Å². The van der Waals surface area contributed by atoms with Crippen molar-refractivity contribution in [2.45, 2.75) is 71.9 Å². The molecule has 0 spiro atoms. The average Bonchev–Trinajstić information content (AvgIpc) is 3.11. The van der Waals surface area contributed by atoms with Gasteiger partial charge in [-0.25, -0.2) is 4.98 Å². The van der Waals surface area contributed by atoms with Crippen LogP contribution in [0.15, 0.2) is 18.2 Å². The lowest BCUT2D eigenvalue weighted by molar-refractivity contribution is -0.129. The van der Waals surface area contributed by atoms with Gasteiger partial charge in [0.15, 0.2) is 0 Å². The molecule has 4 N–H and O–H groups in total. The van der Waals surface area contributed by atoms with Gasteiger partial charge >= 0.3 is 0 Å². The number of carbonyl (C=O) groups is 2. The largest absolute Gasteiger partial charge is 0.350 e. The number of rotatable bonds is 10. The van der Waals surface area contributed by atoms with Crippen molar-refractivity contribution in [2.75, 3.05) is 6.54 Å². The van der Waals surface area contributed by atoms with Crippen LogP contribution in [0.25, 0.3) is 10.2 Å². The van der Waals surface area contributed by atoms with Gasteiger partial charge in [-0.3, -0.25) is 9.59 Å². The third kappa shape index (κ3) is 6.24. The van der Waals surface area contributed by atoms with Crippen molar-refractivity contribution in [1.29, 1.82) is 0 Å². The SMILES string of the molecule is CCC(=O)NC(Cc1nc2ccc(C(C)C)cc2s1)C(=O)N[C@H](CN)[C@@H](C)CC. The Kier molecular flexibility index (Phi) is 8.59. The minimum absolute atomic E-state index is 0.113. The Hall–Kier alpha value is -1.99. The zero-order valence-electron chi connectivity index (χ0n) is 18.1. The molecule has 0 aliphatic rings. The number of thiazole rings is 1. The van der Waals surface area contributed by atoms with E-state index in [9.17, 15) is 9.59 Å². The lowest BCUT2D eigenvalue weighted by Gasteiger charge is -2.26. The van der Waals surface area contributed by atoms with E-state index in [1.165, 1.54) is 5.56 Å². The Bertz CT molecular complexity index is 833. The molecule has 1 unspecified atom stereocenters. The topological polar surface area (TPSA) is 97.1 Å². The fourth-order valence-electron chi connectivity index (χ4n) is 3.12. The standard InChI is InChI=1S/C22H34N4O2S/c1-6-14(5)18(12-23)26-22(28)17(24-20(27)7-2)11-21-25-16-9-8-15(13(3)4)10-19(16)29-21/h8-10,13-14,17-18H,6-7,11-12,23H2,1-5H3,(H,24,27)(H,26,28)/t14-,17?,18+/m0/s1. The first kappa shape index (κ1) is 23.3. The van der Waals surface area contributed by atoms with E-state index in [1.54, 1.807) is 18.3 Å². The van der Waals surface area contributed by atoms with Gasteiger partial charge in [0.05, 0.1) is 15.2 Å². The molecular formula is C22H34N4O2S.